The minimum atomic E-state index is -3.83. The molecule has 8 heteroatoms. The van der Waals surface area contributed by atoms with Crippen molar-refractivity contribution >= 4 is 15.7 Å². The molecule has 1 aromatic heterocycles. The Hall–Kier alpha value is -3.00. The summed E-state index contributed by atoms with van der Waals surface area (Å²) in [5, 5.41) is 4.24. The Morgan fingerprint density at radius 3 is 2.59 bits per heavy atom. The molecule has 0 aliphatic carbocycles. The number of hydrogen-bond acceptors (Lipinski definition) is 5. The molecule has 2 aromatic carbocycles. The summed E-state index contributed by atoms with van der Waals surface area (Å²) in [6.45, 7) is 2.58. The first-order chi connectivity index (χ1) is 12.9. The number of sulfonamides is 1. The number of anilines is 1. The molecular weight excluding hydrogens is 366 g/mol. The van der Waals surface area contributed by atoms with Crippen LogP contribution in [0.1, 0.15) is 11.1 Å². The van der Waals surface area contributed by atoms with E-state index in [4.69, 9.17) is 9.47 Å². The van der Waals surface area contributed by atoms with Crippen LogP contribution in [0.2, 0.25) is 0 Å². The third kappa shape index (κ3) is 4.22. The van der Waals surface area contributed by atoms with E-state index < -0.39 is 10.0 Å². The number of nitrogens with one attached hydrogen (secondary N) is 1. The summed E-state index contributed by atoms with van der Waals surface area (Å²) < 4.78 is 40.0. The highest BCUT2D eigenvalue weighted by Gasteiger charge is 2.21. The van der Waals surface area contributed by atoms with Gasteiger partial charge >= 0.3 is 0 Å². The molecule has 0 unspecified atom stereocenters. The average molecular weight is 387 g/mol. The highest BCUT2D eigenvalue weighted by atomic mass is 32.2. The molecule has 7 nitrogen and oxygen atoms in total. The van der Waals surface area contributed by atoms with E-state index in [0.29, 0.717) is 18.0 Å². The van der Waals surface area contributed by atoms with Gasteiger partial charge in [-0.3, -0.25) is 9.40 Å². The average Bonchev–Trinajstić information content (AvgIpc) is 3.09. The molecule has 1 heterocycles. The highest BCUT2D eigenvalue weighted by molar-refractivity contribution is 7.92. The molecule has 0 aliphatic rings. The van der Waals surface area contributed by atoms with Crippen molar-refractivity contribution in [3.8, 4) is 11.5 Å². The predicted octanol–water partition coefficient (Wildman–Crippen LogP) is 3.06. The zero-order valence-corrected chi connectivity index (χ0v) is 16.2. The number of aryl methyl sites for hydroxylation is 1. The lowest BCUT2D eigenvalue weighted by Gasteiger charge is -2.11. The van der Waals surface area contributed by atoms with Gasteiger partial charge < -0.3 is 9.47 Å². The lowest BCUT2D eigenvalue weighted by molar-refractivity contribution is 0.386. The van der Waals surface area contributed by atoms with E-state index in [0.717, 1.165) is 11.1 Å². The number of aromatic nitrogens is 2. The van der Waals surface area contributed by atoms with Crippen LogP contribution in [0.5, 0.6) is 11.5 Å². The van der Waals surface area contributed by atoms with Crippen LogP contribution in [0.4, 0.5) is 5.69 Å². The summed E-state index contributed by atoms with van der Waals surface area (Å²) in [4.78, 5) is 0.0254. The van der Waals surface area contributed by atoms with Crippen molar-refractivity contribution in [3.63, 3.8) is 0 Å². The smallest absolute Gasteiger partial charge is 0.265 e. The Morgan fingerprint density at radius 2 is 1.89 bits per heavy atom. The van der Waals surface area contributed by atoms with E-state index >= 15 is 0 Å². The van der Waals surface area contributed by atoms with E-state index in [9.17, 15) is 8.42 Å². The Kier molecular flexibility index (Phi) is 5.36. The molecule has 1 N–H and O–H groups in total. The van der Waals surface area contributed by atoms with Gasteiger partial charge in [0, 0.05) is 12.3 Å². The van der Waals surface area contributed by atoms with Crippen molar-refractivity contribution < 1.29 is 17.9 Å². The maximum Gasteiger partial charge on any atom is 0.265 e. The predicted molar refractivity (Wildman–Crippen MR) is 103 cm³/mol. The molecule has 0 spiro atoms. The summed E-state index contributed by atoms with van der Waals surface area (Å²) >= 11 is 0. The fraction of sp³-hybridized carbons (Fsp3) is 0.211. The Bertz CT molecular complexity index is 1040. The molecule has 0 bridgehead atoms. The molecule has 0 fully saturated rings. The lowest BCUT2D eigenvalue weighted by atomic mass is 10.1. The molecule has 0 atom stereocenters. The first-order valence-electron chi connectivity index (χ1n) is 8.25. The van der Waals surface area contributed by atoms with Crippen molar-refractivity contribution in [1.82, 2.24) is 9.78 Å². The fourth-order valence-corrected chi connectivity index (χ4v) is 3.85. The first kappa shape index (κ1) is 18.8. The van der Waals surface area contributed by atoms with E-state index in [1.54, 1.807) is 16.9 Å². The van der Waals surface area contributed by atoms with Gasteiger partial charge in [0.25, 0.3) is 10.0 Å². The van der Waals surface area contributed by atoms with E-state index in [1.165, 1.54) is 32.5 Å². The second kappa shape index (κ2) is 7.71. The molecule has 142 valence electrons. The molecule has 3 rings (SSSR count). The summed E-state index contributed by atoms with van der Waals surface area (Å²) in [6, 6.07) is 12.5. The molecule has 0 saturated carbocycles. The number of hydrogen-bond donors (Lipinski definition) is 1. The summed E-state index contributed by atoms with van der Waals surface area (Å²) in [5.74, 6) is 0.714. The van der Waals surface area contributed by atoms with E-state index in [-0.39, 0.29) is 10.6 Å². The van der Waals surface area contributed by atoms with Crippen LogP contribution >= 0.6 is 0 Å². The van der Waals surface area contributed by atoms with Gasteiger partial charge in [-0.1, -0.05) is 24.3 Å². The van der Waals surface area contributed by atoms with Crippen LogP contribution < -0.4 is 14.2 Å². The largest absolute Gasteiger partial charge is 0.497 e. The zero-order valence-electron chi connectivity index (χ0n) is 15.3. The standard InChI is InChI=1S/C19H21N3O4S/c1-14-6-4-5-7-15(14)12-22-13-16(11-20-22)21-27(23,24)19-9-8-17(25-2)10-18(19)26-3/h4-11,13,21H,12H2,1-3H3. The van der Waals surface area contributed by atoms with Gasteiger partial charge in [-0.05, 0) is 30.2 Å². The second-order valence-corrected chi connectivity index (χ2v) is 7.63. The quantitative estimate of drug-likeness (QED) is 0.674. The summed E-state index contributed by atoms with van der Waals surface area (Å²) in [5.41, 5.74) is 2.64. The number of benzene rings is 2. The van der Waals surface area contributed by atoms with Gasteiger partial charge in [-0.2, -0.15) is 5.10 Å². The van der Waals surface area contributed by atoms with Crippen molar-refractivity contribution in [1.29, 1.82) is 0 Å². The van der Waals surface area contributed by atoms with Crippen molar-refractivity contribution in [2.45, 2.75) is 18.4 Å². The third-order valence-electron chi connectivity index (χ3n) is 4.14. The lowest BCUT2D eigenvalue weighted by Crippen LogP contribution is -2.13. The van der Waals surface area contributed by atoms with Crippen molar-refractivity contribution in [2.75, 3.05) is 18.9 Å². The van der Waals surface area contributed by atoms with Crippen LogP contribution in [0.25, 0.3) is 0 Å². The zero-order chi connectivity index (χ0) is 19.4. The molecule has 27 heavy (non-hydrogen) atoms. The molecule has 0 radical (unpaired) electrons. The third-order valence-corrected chi connectivity index (χ3v) is 5.56. The molecule has 0 aliphatic heterocycles. The fourth-order valence-electron chi connectivity index (χ4n) is 2.67. The minimum absolute atomic E-state index is 0.0254. The van der Waals surface area contributed by atoms with Crippen LogP contribution in [-0.2, 0) is 16.6 Å². The van der Waals surface area contributed by atoms with Gasteiger partial charge in [0.1, 0.15) is 16.4 Å². The molecule has 3 aromatic rings. The topological polar surface area (TPSA) is 82.5 Å². The van der Waals surface area contributed by atoms with E-state index in [2.05, 4.69) is 9.82 Å². The van der Waals surface area contributed by atoms with Crippen molar-refractivity contribution in [3.05, 3.63) is 66.0 Å². The first-order valence-corrected chi connectivity index (χ1v) is 9.73. The second-order valence-electron chi connectivity index (χ2n) is 5.98. The van der Waals surface area contributed by atoms with Crippen LogP contribution in [0, 0.1) is 6.92 Å². The Morgan fingerprint density at radius 1 is 1.11 bits per heavy atom. The van der Waals surface area contributed by atoms with Gasteiger partial charge in [0.05, 0.1) is 32.6 Å². The highest BCUT2D eigenvalue weighted by Crippen LogP contribution is 2.29. The summed E-state index contributed by atoms with van der Waals surface area (Å²) in [7, 11) is -0.918. The number of rotatable bonds is 7. The summed E-state index contributed by atoms with van der Waals surface area (Å²) in [6.07, 6.45) is 3.13. The van der Waals surface area contributed by atoms with Gasteiger partial charge in [-0.15, -0.1) is 0 Å². The van der Waals surface area contributed by atoms with Crippen molar-refractivity contribution in [2.24, 2.45) is 0 Å². The molecular formula is C19H21N3O4S. The maximum absolute atomic E-state index is 12.7. The Balaban J connectivity index is 1.81. The number of methoxy groups -OCH3 is 2. The SMILES string of the molecule is COc1ccc(S(=O)(=O)Nc2cnn(Cc3ccccc3C)c2)c(OC)c1. The van der Waals surface area contributed by atoms with Gasteiger partial charge in [0.15, 0.2) is 0 Å². The maximum atomic E-state index is 12.7. The molecule has 0 saturated heterocycles. The molecule has 0 amide bonds. The van der Waals surface area contributed by atoms with Crippen LogP contribution in [0.3, 0.4) is 0 Å². The minimum Gasteiger partial charge on any atom is -0.497 e. The van der Waals surface area contributed by atoms with Crippen LogP contribution in [0.15, 0.2) is 59.8 Å². The van der Waals surface area contributed by atoms with Gasteiger partial charge in [-0.25, -0.2) is 8.42 Å². The van der Waals surface area contributed by atoms with Crippen LogP contribution in [-0.4, -0.2) is 32.4 Å². The normalized spacial score (nSPS) is 11.2. The monoisotopic (exact) mass is 387 g/mol. The van der Waals surface area contributed by atoms with Gasteiger partial charge in [0.2, 0.25) is 0 Å². The van der Waals surface area contributed by atoms with E-state index in [1.807, 2.05) is 31.2 Å². The number of nitrogens with zero attached hydrogens (tertiary/aromatic N) is 2. The Labute approximate surface area is 158 Å². The number of ether oxygens (including phenoxy) is 2.